The molecule has 25 heavy (non-hydrogen) atoms. The minimum absolute atomic E-state index is 0.0934. The molecule has 1 fully saturated rings. The van der Waals surface area contributed by atoms with Gasteiger partial charge in [0, 0.05) is 23.4 Å². The Morgan fingerprint density at radius 3 is 2.80 bits per heavy atom. The van der Waals surface area contributed by atoms with E-state index >= 15 is 0 Å². The van der Waals surface area contributed by atoms with Crippen LogP contribution in [0, 0.1) is 18.3 Å². The summed E-state index contributed by atoms with van der Waals surface area (Å²) in [7, 11) is 0. The standard InChI is InChI=1S/C20H24N4O/c1-14-9-10-16(24-20(25)15-6-3-2-4-7-15)12-18(14)19(21)23-13-17-8-5-11-22-17/h5,8-13,15,21-22H,2-4,6-7H2,1H3,(H,24,25). The van der Waals surface area contributed by atoms with Crippen LogP contribution in [0.25, 0.3) is 0 Å². The van der Waals surface area contributed by atoms with Crippen LogP contribution < -0.4 is 5.32 Å². The number of amidine groups is 1. The molecule has 1 amide bonds. The van der Waals surface area contributed by atoms with E-state index in [0.717, 1.165) is 48.2 Å². The molecule has 0 spiro atoms. The Hall–Kier alpha value is -2.69. The van der Waals surface area contributed by atoms with Gasteiger partial charge in [0.2, 0.25) is 5.91 Å². The molecule has 0 atom stereocenters. The van der Waals surface area contributed by atoms with Gasteiger partial charge in [-0.3, -0.25) is 10.2 Å². The van der Waals surface area contributed by atoms with Crippen LogP contribution >= 0.6 is 0 Å². The molecule has 1 saturated carbocycles. The van der Waals surface area contributed by atoms with Crippen LogP contribution in [0.4, 0.5) is 5.69 Å². The minimum Gasteiger partial charge on any atom is -0.360 e. The van der Waals surface area contributed by atoms with E-state index in [1.54, 1.807) is 6.21 Å². The average molecular weight is 336 g/mol. The van der Waals surface area contributed by atoms with Gasteiger partial charge in [-0.1, -0.05) is 25.3 Å². The fraction of sp³-hybridized carbons (Fsp3) is 0.350. The largest absolute Gasteiger partial charge is 0.360 e. The lowest BCUT2D eigenvalue weighted by molar-refractivity contribution is -0.120. The molecule has 0 unspecified atom stereocenters. The van der Waals surface area contributed by atoms with Crippen molar-refractivity contribution in [2.75, 3.05) is 5.32 Å². The number of rotatable bonds is 4. The van der Waals surface area contributed by atoms with Gasteiger partial charge >= 0.3 is 0 Å². The van der Waals surface area contributed by atoms with E-state index in [4.69, 9.17) is 5.41 Å². The van der Waals surface area contributed by atoms with Gasteiger partial charge in [-0.2, -0.15) is 0 Å². The summed E-state index contributed by atoms with van der Waals surface area (Å²) in [6.45, 7) is 1.95. The number of benzene rings is 1. The van der Waals surface area contributed by atoms with Gasteiger partial charge in [-0.05, 0) is 49.6 Å². The van der Waals surface area contributed by atoms with E-state index in [0.29, 0.717) is 0 Å². The predicted octanol–water partition coefficient (Wildman–Crippen LogP) is 4.29. The molecule has 0 saturated heterocycles. The first-order chi connectivity index (χ1) is 12.1. The van der Waals surface area contributed by atoms with E-state index in [9.17, 15) is 4.79 Å². The fourth-order valence-electron chi connectivity index (χ4n) is 3.19. The van der Waals surface area contributed by atoms with Crippen LogP contribution in [0.15, 0.2) is 41.5 Å². The topological polar surface area (TPSA) is 81.1 Å². The Balaban J connectivity index is 1.71. The molecule has 1 heterocycles. The van der Waals surface area contributed by atoms with Gasteiger partial charge in [0.05, 0.1) is 11.9 Å². The summed E-state index contributed by atoms with van der Waals surface area (Å²) in [5.41, 5.74) is 3.27. The molecule has 1 aromatic carbocycles. The van der Waals surface area contributed by atoms with E-state index in [1.807, 2.05) is 43.5 Å². The van der Waals surface area contributed by atoms with Crippen molar-refractivity contribution in [1.29, 1.82) is 5.41 Å². The quantitative estimate of drug-likeness (QED) is 0.565. The van der Waals surface area contributed by atoms with Crippen molar-refractivity contribution >= 4 is 23.6 Å². The third-order valence-corrected chi connectivity index (χ3v) is 4.69. The van der Waals surface area contributed by atoms with Gasteiger partial charge in [0.1, 0.15) is 0 Å². The number of anilines is 1. The number of amides is 1. The number of nitrogens with zero attached hydrogens (tertiary/aromatic N) is 1. The summed E-state index contributed by atoms with van der Waals surface area (Å²) in [6.07, 6.45) is 8.90. The maximum absolute atomic E-state index is 12.4. The van der Waals surface area contributed by atoms with Gasteiger partial charge in [0.25, 0.3) is 0 Å². The van der Waals surface area contributed by atoms with Crippen LogP contribution in [0.2, 0.25) is 0 Å². The molecule has 2 aromatic rings. The van der Waals surface area contributed by atoms with Crippen molar-refractivity contribution in [3.8, 4) is 0 Å². The molecular weight excluding hydrogens is 312 g/mol. The van der Waals surface area contributed by atoms with Crippen molar-refractivity contribution in [1.82, 2.24) is 4.98 Å². The number of hydrogen-bond acceptors (Lipinski definition) is 2. The third-order valence-electron chi connectivity index (χ3n) is 4.69. The molecular formula is C20H24N4O. The molecule has 130 valence electrons. The van der Waals surface area contributed by atoms with Crippen molar-refractivity contribution in [2.24, 2.45) is 10.9 Å². The van der Waals surface area contributed by atoms with E-state index in [1.165, 1.54) is 6.42 Å². The normalized spacial score (nSPS) is 15.4. The number of aromatic amines is 1. The second-order valence-corrected chi connectivity index (χ2v) is 6.59. The molecule has 0 bridgehead atoms. The van der Waals surface area contributed by atoms with Crippen molar-refractivity contribution < 1.29 is 4.79 Å². The number of nitrogens with one attached hydrogen (secondary N) is 3. The van der Waals surface area contributed by atoms with Crippen molar-refractivity contribution in [3.05, 3.63) is 53.3 Å². The molecule has 3 N–H and O–H groups in total. The summed E-state index contributed by atoms with van der Waals surface area (Å²) < 4.78 is 0. The maximum atomic E-state index is 12.4. The molecule has 5 nitrogen and oxygen atoms in total. The molecule has 1 aliphatic carbocycles. The van der Waals surface area contributed by atoms with Gasteiger partial charge in [-0.25, -0.2) is 4.99 Å². The Bertz CT molecular complexity index is 771. The zero-order valence-electron chi connectivity index (χ0n) is 14.5. The first kappa shape index (κ1) is 17.1. The second kappa shape index (κ2) is 7.92. The van der Waals surface area contributed by atoms with Gasteiger partial charge in [0.15, 0.2) is 5.84 Å². The highest BCUT2D eigenvalue weighted by molar-refractivity contribution is 6.05. The van der Waals surface area contributed by atoms with Crippen LogP contribution in [-0.2, 0) is 4.79 Å². The number of H-pyrrole nitrogens is 1. The Labute approximate surface area is 148 Å². The number of carbonyl (C=O) groups is 1. The third kappa shape index (κ3) is 4.44. The van der Waals surface area contributed by atoms with Crippen LogP contribution in [0.5, 0.6) is 0 Å². The summed E-state index contributed by atoms with van der Waals surface area (Å²) in [4.78, 5) is 19.7. The van der Waals surface area contributed by atoms with Crippen LogP contribution in [0.3, 0.4) is 0 Å². The van der Waals surface area contributed by atoms with E-state index in [-0.39, 0.29) is 17.7 Å². The number of aryl methyl sites for hydroxylation is 1. The molecule has 5 heteroatoms. The Kier molecular flexibility index (Phi) is 5.43. The lowest BCUT2D eigenvalue weighted by atomic mass is 9.88. The van der Waals surface area contributed by atoms with Gasteiger partial charge < -0.3 is 10.3 Å². The number of carbonyl (C=O) groups excluding carboxylic acids is 1. The first-order valence-electron chi connectivity index (χ1n) is 8.81. The smallest absolute Gasteiger partial charge is 0.227 e. The summed E-state index contributed by atoms with van der Waals surface area (Å²) in [6, 6.07) is 9.43. The highest BCUT2D eigenvalue weighted by Gasteiger charge is 2.21. The summed E-state index contributed by atoms with van der Waals surface area (Å²) in [5, 5.41) is 11.2. The summed E-state index contributed by atoms with van der Waals surface area (Å²) in [5.74, 6) is 0.389. The highest BCUT2D eigenvalue weighted by atomic mass is 16.1. The molecule has 0 aliphatic heterocycles. The van der Waals surface area contributed by atoms with E-state index in [2.05, 4.69) is 15.3 Å². The first-order valence-corrected chi connectivity index (χ1v) is 8.81. The zero-order valence-corrected chi connectivity index (χ0v) is 14.5. The van der Waals surface area contributed by atoms with Crippen LogP contribution in [0.1, 0.15) is 48.9 Å². The van der Waals surface area contributed by atoms with Crippen molar-refractivity contribution in [3.63, 3.8) is 0 Å². The molecule has 3 rings (SSSR count). The SMILES string of the molecule is Cc1ccc(NC(=O)C2CCCCC2)cc1C(=N)N=Cc1ccc[nH]1. The Morgan fingerprint density at radius 1 is 1.28 bits per heavy atom. The van der Waals surface area contributed by atoms with Crippen molar-refractivity contribution in [2.45, 2.75) is 39.0 Å². The average Bonchev–Trinajstić information content (AvgIpc) is 3.15. The fourth-order valence-corrected chi connectivity index (χ4v) is 3.19. The maximum Gasteiger partial charge on any atom is 0.227 e. The number of aromatic nitrogens is 1. The lowest BCUT2D eigenvalue weighted by Gasteiger charge is -2.21. The number of aliphatic imine (C=N–C) groups is 1. The Morgan fingerprint density at radius 2 is 2.08 bits per heavy atom. The number of hydrogen-bond donors (Lipinski definition) is 3. The molecule has 1 aromatic heterocycles. The summed E-state index contributed by atoms with van der Waals surface area (Å²) >= 11 is 0. The van der Waals surface area contributed by atoms with Gasteiger partial charge in [-0.15, -0.1) is 0 Å². The molecule has 0 radical (unpaired) electrons. The molecule has 1 aliphatic rings. The highest BCUT2D eigenvalue weighted by Crippen LogP contribution is 2.25. The lowest BCUT2D eigenvalue weighted by Crippen LogP contribution is -2.24. The second-order valence-electron chi connectivity index (χ2n) is 6.59. The minimum atomic E-state index is 0.0934. The monoisotopic (exact) mass is 336 g/mol. The van der Waals surface area contributed by atoms with E-state index < -0.39 is 0 Å². The van der Waals surface area contributed by atoms with Crippen LogP contribution in [-0.4, -0.2) is 22.9 Å². The predicted molar refractivity (Wildman–Crippen MR) is 102 cm³/mol. The zero-order chi connectivity index (χ0) is 17.6.